The zero-order valence-corrected chi connectivity index (χ0v) is 13.6. The van der Waals surface area contributed by atoms with Gasteiger partial charge in [-0.25, -0.2) is 0 Å². The van der Waals surface area contributed by atoms with Gasteiger partial charge in [-0.05, 0) is 45.3 Å². The van der Waals surface area contributed by atoms with Crippen molar-refractivity contribution in [2.75, 3.05) is 6.61 Å². The molecule has 0 spiro atoms. The van der Waals surface area contributed by atoms with Gasteiger partial charge in [-0.15, -0.1) is 0 Å². The molecule has 2 fully saturated rings. The van der Waals surface area contributed by atoms with Gasteiger partial charge in [0.1, 0.15) is 11.9 Å². The van der Waals surface area contributed by atoms with E-state index in [-0.39, 0.29) is 23.1 Å². The van der Waals surface area contributed by atoms with E-state index in [9.17, 15) is 4.79 Å². The Morgan fingerprint density at radius 2 is 1.91 bits per heavy atom. The van der Waals surface area contributed by atoms with E-state index in [1.807, 2.05) is 39.8 Å². The van der Waals surface area contributed by atoms with Gasteiger partial charge in [0, 0.05) is 19.0 Å². The molecule has 0 bridgehead atoms. The highest BCUT2D eigenvalue weighted by atomic mass is 16.7. The zero-order chi connectivity index (χ0) is 16.0. The highest BCUT2D eigenvalue weighted by Gasteiger charge is 2.51. The molecular formula is C16H22BNO4. The highest BCUT2D eigenvalue weighted by Crippen LogP contribution is 2.36. The molecule has 1 unspecified atom stereocenters. The summed E-state index contributed by atoms with van der Waals surface area (Å²) in [5.74, 6) is 0.221. The van der Waals surface area contributed by atoms with Crippen LogP contribution in [0.1, 0.15) is 52.3 Å². The number of Topliss-reactive ketones (excluding diaryl/α,β-unsaturated/α-hetero) is 1. The Labute approximate surface area is 131 Å². The lowest BCUT2D eigenvalue weighted by atomic mass is 9.79. The van der Waals surface area contributed by atoms with E-state index in [1.54, 1.807) is 6.20 Å². The first-order valence-corrected chi connectivity index (χ1v) is 7.73. The van der Waals surface area contributed by atoms with Crippen LogP contribution in [0.5, 0.6) is 0 Å². The second kappa shape index (κ2) is 5.44. The molecule has 3 rings (SSSR count). The van der Waals surface area contributed by atoms with Crippen molar-refractivity contribution in [3.8, 4) is 0 Å². The molecule has 6 heteroatoms. The Bertz CT molecular complexity index is 571. The lowest BCUT2D eigenvalue weighted by molar-refractivity contribution is -0.128. The molecule has 0 saturated carbocycles. The molecule has 2 saturated heterocycles. The second-order valence-corrected chi connectivity index (χ2v) is 6.95. The lowest BCUT2D eigenvalue weighted by Gasteiger charge is -2.32. The molecule has 1 atom stereocenters. The number of rotatable bonds is 2. The molecule has 0 aliphatic carbocycles. The molecule has 2 aliphatic heterocycles. The number of hydrogen-bond donors (Lipinski definition) is 0. The standard InChI is InChI=1S/C16H22BNO4/c1-15(2)16(3,4)22-17(21-15)11-5-7-18-13(9-11)14-10-12(19)6-8-20-14/h5,7,9,14H,6,8,10H2,1-4H3. The van der Waals surface area contributed by atoms with Gasteiger partial charge in [0.2, 0.25) is 0 Å². The van der Waals surface area contributed by atoms with E-state index < -0.39 is 7.12 Å². The first-order valence-electron chi connectivity index (χ1n) is 7.73. The van der Waals surface area contributed by atoms with E-state index >= 15 is 0 Å². The largest absolute Gasteiger partial charge is 0.494 e. The van der Waals surface area contributed by atoms with Crippen LogP contribution in [0.15, 0.2) is 18.3 Å². The highest BCUT2D eigenvalue weighted by molar-refractivity contribution is 6.62. The number of ketones is 1. The Kier molecular flexibility index (Phi) is 3.87. The van der Waals surface area contributed by atoms with Crippen molar-refractivity contribution < 1.29 is 18.8 Å². The van der Waals surface area contributed by atoms with Gasteiger partial charge < -0.3 is 14.0 Å². The van der Waals surface area contributed by atoms with E-state index in [1.165, 1.54) is 0 Å². The van der Waals surface area contributed by atoms with Crippen molar-refractivity contribution in [2.45, 2.75) is 57.8 Å². The number of carbonyl (C=O) groups is 1. The molecule has 22 heavy (non-hydrogen) atoms. The molecule has 1 aromatic rings. The van der Waals surface area contributed by atoms with E-state index in [0.717, 1.165) is 11.2 Å². The number of ether oxygens (including phenoxy) is 1. The van der Waals surface area contributed by atoms with Crippen LogP contribution in [-0.4, -0.2) is 35.7 Å². The maximum atomic E-state index is 11.6. The molecule has 118 valence electrons. The lowest BCUT2D eigenvalue weighted by Crippen LogP contribution is -2.41. The van der Waals surface area contributed by atoms with Gasteiger partial charge in [0.15, 0.2) is 0 Å². The summed E-state index contributed by atoms with van der Waals surface area (Å²) < 4.78 is 17.8. The Balaban J connectivity index is 1.82. The third-order valence-corrected chi connectivity index (χ3v) is 4.77. The summed E-state index contributed by atoms with van der Waals surface area (Å²) in [5, 5.41) is 0. The van der Waals surface area contributed by atoms with Gasteiger partial charge in [-0.1, -0.05) is 0 Å². The quantitative estimate of drug-likeness (QED) is 0.780. The second-order valence-electron chi connectivity index (χ2n) is 6.95. The van der Waals surface area contributed by atoms with E-state index in [4.69, 9.17) is 14.0 Å². The van der Waals surface area contributed by atoms with Crippen molar-refractivity contribution >= 4 is 18.4 Å². The Morgan fingerprint density at radius 1 is 1.23 bits per heavy atom. The van der Waals surface area contributed by atoms with Crippen molar-refractivity contribution in [2.24, 2.45) is 0 Å². The molecule has 2 aliphatic rings. The average molecular weight is 303 g/mol. The van der Waals surface area contributed by atoms with E-state index in [0.29, 0.717) is 19.4 Å². The summed E-state index contributed by atoms with van der Waals surface area (Å²) >= 11 is 0. The molecule has 3 heterocycles. The third kappa shape index (κ3) is 2.83. The minimum Gasteiger partial charge on any atom is -0.399 e. The van der Waals surface area contributed by atoms with Crippen LogP contribution in [-0.2, 0) is 18.8 Å². The van der Waals surface area contributed by atoms with Crippen LogP contribution in [0, 0.1) is 0 Å². The summed E-state index contributed by atoms with van der Waals surface area (Å²) in [5.41, 5.74) is 0.919. The van der Waals surface area contributed by atoms with Crippen molar-refractivity contribution in [1.29, 1.82) is 0 Å². The Hall–Kier alpha value is -1.24. The summed E-state index contributed by atoms with van der Waals surface area (Å²) in [4.78, 5) is 16.0. The fourth-order valence-electron chi connectivity index (χ4n) is 2.64. The molecule has 1 aromatic heterocycles. The minimum atomic E-state index is -0.425. The van der Waals surface area contributed by atoms with Gasteiger partial charge >= 0.3 is 7.12 Å². The molecular weight excluding hydrogens is 281 g/mol. The van der Waals surface area contributed by atoms with Crippen LogP contribution in [0.3, 0.4) is 0 Å². The smallest absolute Gasteiger partial charge is 0.399 e. The maximum Gasteiger partial charge on any atom is 0.494 e. The maximum absolute atomic E-state index is 11.6. The minimum absolute atomic E-state index is 0.221. The van der Waals surface area contributed by atoms with Gasteiger partial charge in [0.25, 0.3) is 0 Å². The number of carbonyl (C=O) groups excluding carboxylic acids is 1. The summed E-state index contributed by atoms with van der Waals surface area (Å²) in [6, 6.07) is 3.81. The fraction of sp³-hybridized carbons (Fsp3) is 0.625. The summed E-state index contributed by atoms with van der Waals surface area (Å²) in [6.45, 7) is 8.57. The van der Waals surface area contributed by atoms with Crippen LogP contribution < -0.4 is 5.46 Å². The molecule has 5 nitrogen and oxygen atoms in total. The van der Waals surface area contributed by atoms with Crippen molar-refractivity contribution in [3.05, 3.63) is 24.0 Å². The topological polar surface area (TPSA) is 57.7 Å². The van der Waals surface area contributed by atoms with E-state index in [2.05, 4.69) is 4.98 Å². The van der Waals surface area contributed by atoms with Gasteiger partial charge in [-0.2, -0.15) is 0 Å². The van der Waals surface area contributed by atoms with Crippen LogP contribution in [0.4, 0.5) is 0 Å². The normalized spacial score (nSPS) is 27.2. The SMILES string of the molecule is CC1(C)OB(c2ccnc(C3CC(=O)CCO3)c2)OC1(C)C. The molecule has 0 amide bonds. The average Bonchev–Trinajstić information content (AvgIpc) is 2.68. The number of hydrogen-bond acceptors (Lipinski definition) is 5. The monoisotopic (exact) mass is 303 g/mol. The zero-order valence-electron chi connectivity index (χ0n) is 13.6. The third-order valence-electron chi connectivity index (χ3n) is 4.77. The first kappa shape index (κ1) is 15.7. The first-order chi connectivity index (χ1) is 10.3. The predicted molar refractivity (Wildman–Crippen MR) is 82.9 cm³/mol. The molecule has 0 aromatic carbocycles. The van der Waals surface area contributed by atoms with Crippen LogP contribution >= 0.6 is 0 Å². The van der Waals surface area contributed by atoms with Crippen molar-refractivity contribution in [3.63, 3.8) is 0 Å². The van der Waals surface area contributed by atoms with Crippen molar-refractivity contribution in [1.82, 2.24) is 4.98 Å². The number of pyridine rings is 1. The number of nitrogens with zero attached hydrogens (tertiary/aromatic N) is 1. The molecule has 0 radical (unpaired) electrons. The number of aromatic nitrogens is 1. The van der Waals surface area contributed by atoms with Gasteiger partial charge in [-0.3, -0.25) is 9.78 Å². The van der Waals surface area contributed by atoms with Crippen LogP contribution in [0.25, 0.3) is 0 Å². The molecule has 0 N–H and O–H groups in total. The predicted octanol–water partition coefficient (Wildman–Crippen LogP) is 1.80. The van der Waals surface area contributed by atoms with Gasteiger partial charge in [0.05, 0.1) is 23.5 Å². The summed E-state index contributed by atoms with van der Waals surface area (Å²) in [6.07, 6.45) is 2.34. The fourth-order valence-corrected chi connectivity index (χ4v) is 2.64. The van der Waals surface area contributed by atoms with Crippen LogP contribution in [0.2, 0.25) is 0 Å². The summed E-state index contributed by atoms with van der Waals surface area (Å²) in [7, 11) is -0.425. The Morgan fingerprint density at radius 3 is 2.55 bits per heavy atom.